The molecule has 0 aliphatic rings. The average molecular weight is 295 g/mol. The summed E-state index contributed by atoms with van der Waals surface area (Å²) in [6, 6.07) is 11.2. The molecular formula is C15H12F3NO2. The molecule has 0 unspecified atom stereocenters. The number of anilines is 2. The maximum atomic E-state index is 12.4. The van der Waals surface area contributed by atoms with Gasteiger partial charge in [0, 0.05) is 18.3 Å². The van der Waals surface area contributed by atoms with Crippen molar-refractivity contribution >= 4 is 17.3 Å². The molecule has 110 valence electrons. The number of carbonyl (C=O) groups is 1. The highest BCUT2D eigenvalue weighted by Crippen LogP contribution is 2.30. The Balaban J connectivity index is 2.06. The summed E-state index contributed by atoms with van der Waals surface area (Å²) in [4.78, 5) is 10.8. The monoisotopic (exact) mass is 295 g/mol. The molecule has 0 aliphatic heterocycles. The molecule has 0 aromatic heterocycles. The van der Waals surface area contributed by atoms with Gasteiger partial charge in [0.1, 0.15) is 5.75 Å². The maximum absolute atomic E-state index is 12.4. The number of ether oxygens (including phenoxy) is 1. The number of alkyl halides is 3. The van der Waals surface area contributed by atoms with Crippen LogP contribution in [0, 0.1) is 0 Å². The van der Waals surface area contributed by atoms with E-state index in [0.29, 0.717) is 17.1 Å². The molecule has 0 bridgehead atoms. The summed E-state index contributed by atoms with van der Waals surface area (Å²) in [5, 5.41) is 2.96. The van der Waals surface area contributed by atoms with Crippen LogP contribution in [0.2, 0.25) is 0 Å². The van der Waals surface area contributed by atoms with Crippen LogP contribution in [0.25, 0.3) is 0 Å². The molecule has 0 aliphatic carbocycles. The molecule has 21 heavy (non-hydrogen) atoms. The normalized spacial score (nSPS) is 11.0. The van der Waals surface area contributed by atoms with Gasteiger partial charge >= 0.3 is 12.1 Å². The van der Waals surface area contributed by atoms with Crippen LogP contribution >= 0.6 is 0 Å². The summed E-state index contributed by atoms with van der Waals surface area (Å²) < 4.78 is 42.2. The summed E-state index contributed by atoms with van der Waals surface area (Å²) in [6.45, 7) is 1.30. The van der Waals surface area contributed by atoms with E-state index in [0.717, 1.165) is 12.1 Å². The molecule has 0 radical (unpaired) electrons. The fraction of sp³-hybridized carbons (Fsp3) is 0.133. The zero-order valence-electron chi connectivity index (χ0n) is 11.1. The fourth-order valence-corrected chi connectivity index (χ4v) is 1.68. The molecule has 6 heteroatoms. The Kier molecular flexibility index (Phi) is 4.16. The molecule has 0 spiro atoms. The van der Waals surface area contributed by atoms with Crippen molar-refractivity contribution in [3.05, 3.63) is 54.1 Å². The van der Waals surface area contributed by atoms with Gasteiger partial charge in [-0.05, 0) is 48.5 Å². The minimum absolute atomic E-state index is 0.403. The molecule has 0 amide bonds. The first-order chi connectivity index (χ1) is 9.84. The van der Waals surface area contributed by atoms with Gasteiger partial charge in [0.15, 0.2) is 0 Å². The fourth-order valence-electron chi connectivity index (χ4n) is 1.68. The van der Waals surface area contributed by atoms with Gasteiger partial charge in [-0.2, -0.15) is 13.2 Å². The third-order valence-electron chi connectivity index (χ3n) is 2.62. The first-order valence-electron chi connectivity index (χ1n) is 6.07. The third kappa shape index (κ3) is 4.24. The Bertz CT molecular complexity index is 619. The third-order valence-corrected chi connectivity index (χ3v) is 2.62. The molecule has 0 saturated heterocycles. The number of benzene rings is 2. The number of rotatable bonds is 3. The number of hydrogen-bond acceptors (Lipinski definition) is 3. The molecule has 3 nitrogen and oxygen atoms in total. The SMILES string of the molecule is CC(=O)Oc1ccc(Nc2ccc(C(F)(F)F)cc2)cc1. The number of nitrogens with one attached hydrogen (secondary N) is 1. The van der Waals surface area contributed by atoms with Gasteiger partial charge < -0.3 is 10.1 Å². The van der Waals surface area contributed by atoms with Crippen molar-refractivity contribution in [3.8, 4) is 5.75 Å². The van der Waals surface area contributed by atoms with Gasteiger partial charge in [-0.3, -0.25) is 4.79 Å². The Morgan fingerprint density at radius 1 is 0.952 bits per heavy atom. The van der Waals surface area contributed by atoms with Crippen molar-refractivity contribution in [1.82, 2.24) is 0 Å². The predicted molar refractivity (Wildman–Crippen MR) is 72.5 cm³/mol. The zero-order valence-corrected chi connectivity index (χ0v) is 11.1. The van der Waals surface area contributed by atoms with E-state index in [-0.39, 0.29) is 0 Å². The largest absolute Gasteiger partial charge is 0.427 e. The van der Waals surface area contributed by atoms with Gasteiger partial charge in [-0.15, -0.1) is 0 Å². The number of halogens is 3. The van der Waals surface area contributed by atoms with Crippen LogP contribution in [-0.2, 0) is 11.0 Å². The molecule has 1 N–H and O–H groups in total. The minimum Gasteiger partial charge on any atom is -0.427 e. The topological polar surface area (TPSA) is 38.3 Å². The number of carbonyl (C=O) groups excluding carboxylic acids is 1. The average Bonchev–Trinajstić information content (AvgIpc) is 2.40. The quantitative estimate of drug-likeness (QED) is 0.675. The van der Waals surface area contributed by atoms with Crippen molar-refractivity contribution in [2.45, 2.75) is 13.1 Å². The van der Waals surface area contributed by atoms with Crippen LogP contribution in [0.5, 0.6) is 5.75 Å². The van der Waals surface area contributed by atoms with E-state index in [4.69, 9.17) is 4.74 Å². The highest BCUT2D eigenvalue weighted by atomic mass is 19.4. The first-order valence-corrected chi connectivity index (χ1v) is 6.07. The highest BCUT2D eigenvalue weighted by molar-refractivity contribution is 5.69. The lowest BCUT2D eigenvalue weighted by atomic mass is 10.2. The van der Waals surface area contributed by atoms with Gasteiger partial charge in [-0.25, -0.2) is 0 Å². The van der Waals surface area contributed by atoms with Crippen molar-refractivity contribution in [3.63, 3.8) is 0 Å². The minimum atomic E-state index is -4.34. The lowest BCUT2D eigenvalue weighted by Crippen LogP contribution is -2.04. The van der Waals surface area contributed by atoms with Crippen LogP contribution in [0.15, 0.2) is 48.5 Å². The molecule has 0 fully saturated rings. The van der Waals surface area contributed by atoms with Crippen molar-refractivity contribution < 1.29 is 22.7 Å². The highest BCUT2D eigenvalue weighted by Gasteiger charge is 2.29. The maximum Gasteiger partial charge on any atom is 0.416 e. The summed E-state index contributed by atoms with van der Waals surface area (Å²) in [6.07, 6.45) is -4.34. The van der Waals surface area contributed by atoms with Crippen LogP contribution in [0.1, 0.15) is 12.5 Å². The van der Waals surface area contributed by atoms with Crippen LogP contribution < -0.4 is 10.1 Å². The van der Waals surface area contributed by atoms with Crippen LogP contribution in [-0.4, -0.2) is 5.97 Å². The second-order valence-corrected chi connectivity index (χ2v) is 4.32. The predicted octanol–water partition coefficient (Wildman–Crippen LogP) is 4.37. The van der Waals surface area contributed by atoms with Crippen LogP contribution in [0.3, 0.4) is 0 Å². The molecule has 0 atom stereocenters. The van der Waals surface area contributed by atoms with E-state index in [1.807, 2.05) is 0 Å². The van der Waals surface area contributed by atoms with E-state index in [1.54, 1.807) is 24.3 Å². The summed E-state index contributed by atoms with van der Waals surface area (Å²) in [5.41, 5.74) is 0.507. The smallest absolute Gasteiger partial charge is 0.416 e. The van der Waals surface area contributed by atoms with Gasteiger partial charge in [0.2, 0.25) is 0 Å². The Labute approximate surface area is 119 Å². The van der Waals surface area contributed by atoms with Crippen molar-refractivity contribution in [1.29, 1.82) is 0 Å². The number of hydrogen-bond donors (Lipinski definition) is 1. The summed E-state index contributed by atoms with van der Waals surface area (Å²) >= 11 is 0. The Morgan fingerprint density at radius 2 is 1.43 bits per heavy atom. The molecule has 2 aromatic rings. The lowest BCUT2D eigenvalue weighted by molar-refractivity contribution is -0.137. The van der Waals surface area contributed by atoms with E-state index in [9.17, 15) is 18.0 Å². The lowest BCUT2D eigenvalue weighted by Gasteiger charge is -2.10. The van der Waals surface area contributed by atoms with E-state index < -0.39 is 17.7 Å². The molecular weight excluding hydrogens is 283 g/mol. The van der Waals surface area contributed by atoms with E-state index >= 15 is 0 Å². The van der Waals surface area contributed by atoms with Gasteiger partial charge in [-0.1, -0.05) is 0 Å². The first kappa shape index (κ1) is 14.9. The standard InChI is InChI=1S/C15H12F3NO2/c1-10(20)21-14-8-6-13(7-9-14)19-12-4-2-11(3-5-12)15(16,17)18/h2-9,19H,1H3. The zero-order chi connectivity index (χ0) is 15.5. The van der Waals surface area contributed by atoms with E-state index in [2.05, 4.69) is 5.32 Å². The van der Waals surface area contributed by atoms with Gasteiger partial charge in [0.25, 0.3) is 0 Å². The second kappa shape index (κ2) is 5.87. The number of esters is 1. The van der Waals surface area contributed by atoms with Crippen molar-refractivity contribution in [2.75, 3.05) is 5.32 Å². The van der Waals surface area contributed by atoms with Gasteiger partial charge in [0.05, 0.1) is 5.56 Å². The molecule has 0 heterocycles. The van der Waals surface area contributed by atoms with E-state index in [1.165, 1.54) is 19.1 Å². The summed E-state index contributed by atoms with van der Waals surface area (Å²) in [7, 11) is 0. The second-order valence-electron chi connectivity index (χ2n) is 4.32. The molecule has 0 saturated carbocycles. The molecule has 2 rings (SSSR count). The Morgan fingerprint density at radius 3 is 1.86 bits per heavy atom. The molecule has 2 aromatic carbocycles. The Hall–Kier alpha value is -2.50. The van der Waals surface area contributed by atoms with Crippen molar-refractivity contribution in [2.24, 2.45) is 0 Å². The summed E-state index contributed by atoms with van der Waals surface area (Å²) in [5.74, 6) is -0.0149. The van der Waals surface area contributed by atoms with Crippen LogP contribution in [0.4, 0.5) is 24.5 Å².